The van der Waals surface area contributed by atoms with Gasteiger partial charge in [-0.05, 0) is 25.2 Å². The number of halogens is 1. The summed E-state index contributed by atoms with van der Waals surface area (Å²) in [4.78, 5) is 13.5. The summed E-state index contributed by atoms with van der Waals surface area (Å²) in [5, 5.41) is 2.64. The van der Waals surface area contributed by atoms with Gasteiger partial charge in [-0.15, -0.1) is 0 Å². The summed E-state index contributed by atoms with van der Waals surface area (Å²) < 4.78 is 12.9. The first-order valence-electron chi connectivity index (χ1n) is 5.56. The van der Waals surface area contributed by atoms with Crippen molar-refractivity contribution in [1.82, 2.24) is 4.90 Å². The maximum atomic E-state index is 12.9. The largest absolute Gasteiger partial charge is 0.329 e. The second kappa shape index (κ2) is 6.98. The van der Waals surface area contributed by atoms with Gasteiger partial charge in [0.2, 0.25) is 5.91 Å². The summed E-state index contributed by atoms with van der Waals surface area (Å²) in [6, 6.07) is 5.85. The van der Waals surface area contributed by atoms with Crippen LogP contribution in [0.25, 0.3) is 0 Å². The number of carbonyl (C=O) groups is 1. The zero-order valence-corrected chi connectivity index (χ0v) is 9.95. The van der Waals surface area contributed by atoms with Gasteiger partial charge < -0.3 is 16.0 Å². The molecule has 0 aliphatic carbocycles. The molecule has 0 radical (unpaired) electrons. The molecule has 0 aromatic heterocycles. The van der Waals surface area contributed by atoms with Crippen LogP contribution in [0.2, 0.25) is 0 Å². The Kier molecular flexibility index (Phi) is 5.59. The maximum Gasteiger partial charge on any atom is 0.225 e. The molecule has 1 aromatic rings. The summed E-state index contributed by atoms with van der Waals surface area (Å²) in [5.74, 6) is -0.484. The zero-order valence-electron chi connectivity index (χ0n) is 9.95. The van der Waals surface area contributed by atoms with Crippen LogP contribution in [0.4, 0.5) is 10.1 Å². The number of hydrogen-bond donors (Lipinski definition) is 2. The third kappa shape index (κ3) is 5.42. The van der Waals surface area contributed by atoms with E-state index in [0.717, 1.165) is 6.54 Å². The lowest BCUT2D eigenvalue weighted by Gasteiger charge is -2.14. The first-order valence-corrected chi connectivity index (χ1v) is 5.56. The van der Waals surface area contributed by atoms with Crippen molar-refractivity contribution in [1.29, 1.82) is 0 Å². The van der Waals surface area contributed by atoms with Crippen LogP contribution in [0.1, 0.15) is 6.42 Å². The number of benzene rings is 1. The molecule has 0 bridgehead atoms. The van der Waals surface area contributed by atoms with E-state index in [1.54, 1.807) is 12.1 Å². The quantitative estimate of drug-likeness (QED) is 0.780. The number of carbonyl (C=O) groups excluding carboxylic acids is 1. The first kappa shape index (κ1) is 13.6. The number of anilines is 1. The molecule has 0 heterocycles. The number of nitrogens with one attached hydrogen (secondary N) is 1. The van der Waals surface area contributed by atoms with Gasteiger partial charge in [-0.2, -0.15) is 0 Å². The summed E-state index contributed by atoms with van der Waals surface area (Å²) in [6.07, 6.45) is 0.368. The van der Waals surface area contributed by atoms with Gasteiger partial charge in [0, 0.05) is 31.7 Å². The van der Waals surface area contributed by atoms with Crippen LogP contribution in [0, 0.1) is 5.82 Å². The van der Waals surface area contributed by atoms with Gasteiger partial charge in [0.15, 0.2) is 0 Å². The van der Waals surface area contributed by atoms with E-state index in [1.165, 1.54) is 12.1 Å². The minimum atomic E-state index is -0.358. The van der Waals surface area contributed by atoms with E-state index in [1.807, 2.05) is 11.9 Å². The maximum absolute atomic E-state index is 12.9. The topological polar surface area (TPSA) is 58.4 Å². The highest BCUT2D eigenvalue weighted by Crippen LogP contribution is 2.09. The molecule has 0 unspecified atom stereocenters. The standard InChI is InChI=1S/C12H18FN3O/c1-16(8-6-14)7-5-12(17)15-11-4-2-3-10(13)9-11/h2-4,9H,5-8,14H2,1H3,(H,15,17). The minimum absolute atomic E-state index is 0.125. The van der Waals surface area contributed by atoms with Gasteiger partial charge in [-0.1, -0.05) is 6.07 Å². The molecule has 5 heteroatoms. The molecule has 17 heavy (non-hydrogen) atoms. The molecule has 4 nitrogen and oxygen atoms in total. The number of hydrogen-bond acceptors (Lipinski definition) is 3. The second-order valence-electron chi connectivity index (χ2n) is 3.90. The van der Waals surface area contributed by atoms with E-state index in [0.29, 0.717) is 25.2 Å². The summed E-state index contributed by atoms with van der Waals surface area (Å²) >= 11 is 0. The fourth-order valence-corrected chi connectivity index (χ4v) is 1.41. The highest BCUT2D eigenvalue weighted by atomic mass is 19.1. The van der Waals surface area contributed by atoms with Crippen molar-refractivity contribution in [2.24, 2.45) is 5.73 Å². The molecule has 1 aromatic carbocycles. The Morgan fingerprint density at radius 2 is 2.24 bits per heavy atom. The van der Waals surface area contributed by atoms with Crippen molar-refractivity contribution >= 4 is 11.6 Å². The van der Waals surface area contributed by atoms with Crippen molar-refractivity contribution in [3.05, 3.63) is 30.1 Å². The van der Waals surface area contributed by atoms with Crippen molar-refractivity contribution in [3.8, 4) is 0 Å². The molecular formula is C12H18FN3O. The number of nitrogens with two attached hydrogens (primary N) is 1. The van der Waals surface area contributed by atoms with Crippen molar-refractivity contribution < 1.29 is 9.18 Å². The van der Waals surface area contributed by atoms with Gasteiger partial charge in [-0.25, -0.2) is 4.39 Å². The Bertz CT molecular complexity index is 371. The fourth-order valence-electron chi connectivity index (χ4n) is 1.41. The van der Waals surface area contributed by atoms with Gasteiger partial charge in [0.25, 0.3) is 0 Å². The van der Waals surface area contributed by atoms with E-state index in [4.69, 9.17) is 5.73 Å². The van der Waals surface area contributed by atoms with E-state index in [-0.39, 0.29) is 11.7 Å². The molecule has 1 amide bonds. The minimum Gasteiger partial charge on any atom is -0.329 e. The number of nitrogens with zero attached hydrogens (tertiary/aromatic N) is 1. The van der Waals surface area contributed by atoms with Gasteiger partial charge >= 0.3 is 0 Å². The average Bonchev–Trinajstić information content (AvgIpc) is 2.27. The Morgan fingerprint density at radius 3 is 2.88 bits per heavy atom. The van der Waals surface area contributed by atoms with Crippen LogP contribution in [0.3, 0.4) is 0 Å². The number of amides is 1. The highest BCUT2D eigenvalue weighted by molar-refractivity contribution is 5.90. The normalized spacial score (nSPS) is 10.6. The third-order valence-corrected chi connectivity index (χ3v) is 2.34. The van der Waals surface area contributed by atoms with E-state index in [9.17, 15) is 9.18 Å². The predicted molar refractivity (Wildman–Crippen MR) is 66.2 cm³/mol. The van der Waals surface area contributed by atoms with Crippen molar-refractivity contribution in [2.75, 3.05) is 32.0 Å². The van der Waals surface area contributed by atoms with Crippen LogP contribution in [-0.2, 0) is 4.79 Å². The lowest BCUT2D eigenvalue weighted by molar-refractivity contribution is -0.116. The van der Waals surface area contributed by atoms with Crippen LogP contribution >= 0.6 is 0 Å². The Labute approximate surface area is 101 Å². The van der Waals surface area contributed by atoms with E-state index < -0.39 is 0 Å². The summed E-state index contributed by atoms with van der Waals surface area (Å²) in [6.45, 7) is 1.97. The summed E-state index contributed by atoms with van der Waals surface area (Å²) in [7, 11) is 1.91. The second-order valence-corrected chi connectivity index (χ2v) is 3.90. The Morgan fingerprint density at radius 1 is 1.47 bits per heavy atom. The van der Waals surface area contributed by atoms with Crippen molar-refractivity contribution in [3.63, 3.8) is 0 Å². The van der Waals surface area contributed by atoms with Crippen LogP contribution in [-0.4, -0.2) is 37.5 Å². The molecular weight excluding hydrogens is 221 g/mol. The molecule has 0 aliphatic rings. The lowest BCUT2D eigenvalue weighted by Crippen LogP contribution is -2.29. The van der Waals surface area contributed by atoms with Gasteiger partial charge in [-0.3, -0.25) is 4.79 Å². The van der Waals surface area contributed by atoms with Gasteiger partial charge in [0.05, 0.1) is 0 Å². The lowest BCUT2D eigenvalue weighted by atomic mass is 10.3. The Balaban J connectivity index is 2.34. The monoisotopic (exact) mass is 239 g/mol. The predicted octanol–water partition coefficient (Wildman–Crippen LogP) is 1.04. The van der Waals surface area contributed by atoms with Gasteiger partial charge in [0.1, 0.15) is 5.82 Å². The van der Waals surface area contributed by atoms with E-state index in [2.05, 4.69) is 5.32 Å². The molecule has 0 atom stereocenters. The fraction of sp³-hybridized carbons (Fsp3) is 0.417. The van der Waals surface area contributed by atoms with Crippen molar-refractivity contribution in [2.45, 2.75) is 6.42 Å². The zero-order chi connectivity index (χ0) is 12.7. The molecule has 0 spiro atoms. The van der Waals surface area contributed by atoms with Crippen LogP contribution in [0.15, 0.2) is 24.3 Å². The molecule has 0 saturated heterocycles. The SMILES string of the molecule is CN(CCN)CCC(=O)Nc1cccc(F)c1. The first-order chi connectivity index (χ1) is 8.11. The average molecular weight is 239 g/mol. The summed E-state index contributed by atoms with van der Waals surface area (Å²) in [5.41, 5.74) is 5.87. The van der Waals surface area contributed by atoms with Crippen LogP contribution in [0.5, 0.6) is 0 Å². The Hall–Kier alpha value is -1.46. The van der Waals surface area contributed by atoms with Crippen LogP contribution < -0.4 is 11.1 Å². The highest BCUT2D eigenvalue weighted by Gasteiger charge is 2.05. The molecule has 94 valence electrons. The molecule has 0 saturated carbocycles. The molecule has 0 fully saturated rings. The number of likely N-dealkylation sites (N-methyl/N-ethyl adjacent to an activating group) is 1. The number of rotatable bonds is 6. The van der Waals surface area contributed by atoms with E-state index >= 15 is 0 Å². The smallest absolute Gasteiger partial charge is 0.225 e. The molecule has 3 N–H and O–H groups in total. The molecule has 0 aliphatic heterocycles. The third-order valence-electron chi connectivity index (χ3n) is 2.34. The molecule has 1 rings (SSSR count).